The molecule has 2 aromatic carbocycles. The molecule has 0 radical (unpaired) electrons. The van der Waals surface area contributed by atoms with E-state index in [1.807, 2.05) is 37.3 Å². The number of hydrogen-bond acceptors (Lipinski definition) is 4. The van der Waals surface area contributed by atoms with Gasteiger partial charge in [0.05, 0.1) is 11.4 Å². The molecule has 0 atom stereocenters. The number of guanidine groups is 1. The van der Waals surface area contributed by atoms with Crippen LogP contribution >= 0.6 is 24.0 Å². The summed E-state index contributed by atoms with van der Waals surface area (Å²) in [5.41, 5.74) is 1.62. The Morgan fingerprint density at radius 3 is 2.39 bits per heavy atom. The van der Waals surface area contributed by atoms with Gasteiger partial charge in [0.25, 0.3) is 0 Å². The summed E-state index contributed by atoms with van der Waals surface area (Å²) in [7, 11) is -0.480. The first-order valence-corrected chi connectivity index (χ1v) is 11.2. The van der Waals surface area contributed by atoms with E-state index in [-0.39, 0.29) is 28.9 Å². The molecule has 9 heteroatoms. The number of aliphatic imine (C=N–C) groups is 1. The van der Waals surface area contributed by atoms with Crippen LogP contribution in [0.2, 0.25) is 0 Å². The van der Waals surface area contributed by atoms with Crippen molar-refractivity contribution in [3.8, 4) is 5.75 Å². The molecule has 0 aliphatic heterocycles. The molecule has 0 bridgehead atoms. The molecule has 0 aliphatic rings. The second-order valence-electron chi connectivity index (χ2n) is 6.65. The van der Waals surface area contributed by atoms with Crippen LogP contribution < -0.4 is 15.4 Å². The average molecular weight is 558 g/mol. The highest BCUT2D eigenvalue weighted by molar-refractivity contribution is 14.0. The molecule has 0 unspecified atom stereocenters. The Labute approximate surface area is 202 Å². The molecule has 0 aromatic heterocycles. The number of para-hydroxylation sites is 1. The van der Waals surface area contributed by atoms with Crippen LogP contribution in [-0.4, -0.2) is 45.9 Å². The van der Waals surface area contributed by atoms with Crippen molar-refractivity contribution in [2.45, 2.75) is 24.9 Å². The van der Waals surface area contributed by atoms with E-state index in [9.17, 15) is 8.42 Å². The van der Waals surface area contributed by atoms with Crippen LogP contribution in [0.1, 0.15) is 18.1 Å². The molecular formula is C22H31IN4O3S. The van der Waals surface area contributed by atoms with E-state index < -0.39 is 10.0 Å². The zero-order valence-corrected chi connectivity index (χ0v) is 21.3. The third-order valence-electron chi connectivity index (χ3n) is 4.26. The molecule has 7 nitrogen and oxygen atoms in total. The average Bonchev–Trinajstić information content (AvgIpc) is 2.74. The summed E-state index contributed by atoms with van der Waals surface area (Å²) in [4.78, 5) is 4.90. The predicted molar refractivity (Wildman–Crippen MR) is 137 cm³/mol. The normalized spacial score (nSPS) is 11.5. The minimum Gasteiger partial charge on any atom is -0.489 e. The van der Waals surface area contributed by atoms with Crippen molar-refractivity contribution in [1.29, 1.82) is 0 Å². The Morgan fingerprint density at radius 2 is 1.74 bits per heavy atom. The lowest BCUT2D eigenvalue weighted by molar-refractivity contribution is 0.359. The molecule has 0 saturated heterocycles. The number of halogens is 1. The summed E-state index contributed by atoms with van der Waals surface area (Å²) in [6.07, 6.45) is 1.70. The minimum atomic E-state index is -3.53. The SMILES string of the molecule is C=CCOc1ccccc1CN=C(NCC)NCc1ccccc1S(=O)(=O)N(C)C.I. The smallest absolute Gasteiger partial charge is 0.242 e. The molecule has 0 fully saturated rings. The quantitative estimate of drug-likeness (QED) is 0.202. The van der Waals surface area contributed by atoms with Crippen LogP contribution in [0.25, 0.3) is 0 Å². The van der Waals surface area contributed by atoms with E-state index in [0.29, 0.717) is 37.8 Å². The van der Waals surface area contributed by atoms with Crippen LogP contribution in [0.4, 0.5) is 0 Å². The van der Waals surface area contributed by atoms with Gasteiger partial charge in [0.2, 0.25) is 10.0 Å². The van der Waals surface area contributed by atoms with Crippen molar-refractivity contribution in [2.24, 2.45) is 4.99 Å². The fourth-order valence-electron chi connectivity index (χ4n) is 2.71. The lowest BCUT2D eigenvalue weighted by Crippen LogP contribution is -2.37. The minimum absolute atomic E-state index is 0. The van der Waals surface area contributed by atoms with E-state index >= 15 is 0 Å². The number of benzene rings is 2. The molecule has 2 rings (SSSR count). The Morgan fingerprint density at radius 1 is 1.10 bits per heavy atom. The van der Waals surface area contributed by atoms with Gasteiger partial charge in [-0.2, -0.15) is 0 Å². The van der Waals surface area contributed by atoms with Crippen LogP contribution in [0.3, 0.4) is 0 Å². The lowest BCUT2D eigenvalue weighted by Gasteiger charge is -2.17. The van der Waals surface area contributed by atoms with Crippen LogP contribution in [-0.2, 0) is 23.1 Å². The van der Waals surface area contributed by atoms with Gasteiger partial charge in [-0.15, -0.1) is 24.0 Å². The van der Waals surface area contributed by atoms with Crippen LogP contribution in [0.5, 0.6) is 5.75 Å². The number of sulfonamides is 1. The fraction of sp³-hybridized carbons (Fsp3) is 0.318. The molecule has 0 aliphatic carbocycles. The number of nitrogens with one attached hydrogen (secondary N) is 2. The van der Waals surface area contributed by atoms with E-state index in [1.54, 1.807) is 24.3 Å². The van der Waals surface area contributed by atoms with Crippen LogP contribution in [0.15, 0.2) is 71.1 Å². The number of rotatable bonds is 10. The van der Waals surface area contributed by atoms with Crippen LogP contribution in [0, 0.1) is 0 Å². The summed E-state index contributed by atoms with van der Waals surface area (Å²) in [6.45, 7) is 7.49. The Balaban J connectivity index is 0.00000480. The standard InChI is InChI=1S/C22H30N4O3S.HI/c1-5-15-29-20-13-9-7-11-18(20)16-24-22(23-6-2)25-17-19-12-8-10-14-21(19)30(27,28)26(3)4;/h5,7-14H,1,6,15-17H2,2-4H3,(H2,23,24,25);1H. The predicted octanol–water partition coefficient (Wildman–Crippen LogP) is 3.38. The van der Waals surface area contributed by atoms with Gasteiger partial charge in [-0.25, -0.2) is 17.7 Å². The lowest BCUT2D eigenvalue weighted by atomic mass is 10.2. The Kier molecular flexibility index (Phi) is 11.6. The van der Waals surface area contributed by atoms with Crippen molar-refractivity contribution < 1.29 is 13.2 Å². The number of hydrogen-bond donors (Lipinski definition) is 2. The largest absolute Gasteiger partial charge is 0.489 e. The first-order valence-electron chi connectivity index (χ1n) is 9.74. The monoisotopic (exact) mass is 558 g/mol. The molecule has 0 saturated carbocycles. The molecule has 0 heterocycles. The fourth-order valence-corrected chi connectivity index (χ4v) is 3.82. The van der Waals surface area contributed by atoms with Gasteiger partial charge in [-0.1, -0.05) is 49.1 Å². The Bertz CT molecular complexity index is 978. The molecule has 170 valence electrons. The summed E-state index contributed by atoms with van der Waals surface area (Å²) in [5.74, 6) is 1.35. The van der Waals surface area contributed by atoms with Gasteiger partial charge >= 0.3 is 0 Å². The third kappa shape index (κ3) is 7.82. The first kappa shape index (κ1) is 26.9. The van der Waals surface area contributed by atoms with E-state index in [2.05, 4.69) is 22.2 Å². The summed E-state index contributed by atoms with van der Waals surface area (Å²) in [6, 6.07) is 14.7. The summed E-state index contributed by atoms with van der Waals surface area (Å²) in [5, 5.41) is 6.41. The molecule has 0 amide bonds. The second kappa shape index (κ2) is 13.3. The summed E-state index contributed by atoms with van der Waals surface area (Å²) < 4.78 is 32.1. The number of nitrogens with zero attached hydrogens (tertiary/aromatic N) is 2. The molecule has 31 heavy (non-hydrogen) atoms. The molecule has 2 N–H and O–H groups in total. The molecule has 0 spiro atoms. The van der Waals surface area contributed by atoms with Gasteiger partial charge in [0.1, 0.15) is 12.4 Å². The van der Waals surface area contributed by atoms with Gasteiger partial charge in [0.15, 0.2) is 5.96 Å². The second-order valence-corrected chi connectivity index (χ2v) is 8.77. The van der Waals surface area contributed by atoms with Crippen molar-refractivity contribution in [3.63, 3.8) is 0 Å². The maximum atomic E-state index is 12.6. The topological polar surface area (TPSA) is 83.0 Å². The molecule has 2 aromatic rings. The highest BCUT2D eigenvalue weighted by Crippen LogP contribution is 2.20. The molecular weight excluding hydrogens is 527 g/mol. The van der Waals surface area contributed by atoms with E-state index in [0.717, 1.165) is 11.3 Å². The van der Waals surface area contributed by atoms with Crippen molar-refractivity contribution in [3.05, 3.63) is 72.3 Å². The highest BCUT2D eigenvalue weighted by Gasteiger charge is 2.20. The number of ether oxygens (including phenoxy) is 1. The summed E-state index contributed by atoms with van der Waals surface area (Å²) >= 11 is 0. The van der Waals surface area contributed by atoms with Crippen molar-refractivity contribution in [1.82, 2.24) is 14.9 Å². The van der Waals surface area contributed by atoms with Gasteiger partial charge in [-0.05, 0) is 24.6 Å². The van der Waals surface area contributed by atoms with Gasteiger partial charge < -0.3 is 15.4 Å². The highest BCUT2D eigenvalue weighted by atomic mass is 127. The van der Waals surface area contributed by atoms with Crippen molar-refractivity contribution in [2.75, 3.05) is 27.2 Å². The van der Waals surface area contributed by atoms with E-state index in [4.69, 9.17) is 4.74 Å². The van der Waals surface area contributed by atoms with Gasteiger partial charge in [0, 0.05) is 32.7 Å². The zero-order chi connectivity index (χ0) is 22.0. The maximum absolute atomic E-state index is 12.6. The van der Waals surface area contributed by atoms with E-state index in [1.165, 1.54) is 18.4 Å². The third-order valence-corrected chi connectivity index (χ3v) is 6.17. The zero-order valence-electron chi connectivity index (χ0n) is 18.2. The van der Waals surface area contributed by atoms with Crippen molar-refractivity contribution >= 4 is 40.0 Å². The van der Waals surface area contributed by atoms with Gasteiger partial charge in [-0.3, -0.25) is 0 Å². The Hall–Kier alpha value is -2.11. The first-order chi connectivity index (χ1) is 14.4. The maximum Gasteiger partial charge on any atom is 0.242 e.